The van der Waals surface area contributed by atoms with Crippen LogP contribution < -0.4 is 10.6 Å². The van der Waals surface area contributed by atoms with E-state index in [2.05, 4.69) is 15.6 Å². The maximum Gasteiger partial charge on any atom is 0.416 e. The van der Waals surface area contributed by atoms with E-state index in [1.807, 2.05) is 79.6 Å². The molecule has 218 valence electrons. The molecule has 3 heterocycles. The van der Waals surface area contributed by atoms with Crippen LogP contribution in [0.4, 0.5) is 18.9 Å². The van der Waals surface area contributed by atoms with Crippen LogP contribution in [-0.2, 0) is 11.0 Å². The maximum atomic E-state index is 13.5. The summed E-state index contributed by atoms with van der Waals surface area (Å²) in [5, 5.41) is 6.89. The normalized spacial score (nSPS) is 16.9. The lowest BCUT2D eigenvalue weighted by atomic mass is 9.96. The number of halogens is 3. The Kier molecular flexibility index (Phi) is 8.10. The van der Waals surface area contributed by atoms with Gasteiger partial charge < -0.3 is 20.1 Å². The highest BCUT2D eigenvalue weighted by molar-refractivity contribution is 7.80. The first-order valence-electron chi connectivity index (χ1n) is 13.7. The van der Waals surface area contributed by atoms with Crippen molar-refractivity contribution in [2.24, 2.45) is 0 Å². The van der Waals surface area contributed by atoms with E-state index in [-0.39, 0.29) is 24.4 Å². The smallest absolute Gasteiger partial charge is 0.352 e. The molecule has 0 bridgehead atoms. The van der Waals surface area contributed by atoms with Gasteiger partial charge in [-0.25, -0.2) is 0 Å². The van der Waals surface area contributed by atoms with Crippen LogP contribution in [-0.4, -0.2) is 32.0 Å². The predicted molar refractivity (Wildman–Crippen MR) is 162 cm³/mol. The van der Waals surface area contributed by atoms with E-state index in [0.29, 0.717) is 17.3 Å². The molecule has 1 fully saturated rings. The summed E-state index contributed by atoms with van der Waals surface area (Å²) in [6.07, 6.45) is -2.55. The second-order valence-electron chi connectivity index (χ2n) is 10.6. The number of carbonyl (C=O) groups excluding carboxylic acids is 1. The van der Waals surface area contributed by atoms with Crippen molar-refractivity contribution in [1.82, 2.24) is 19.8 Å². The summed E-state index contributed by atoms with van der Waals surface area (Å²) < 4.78 is 42.4. The van der Waals surface area contributed by atoms with E-state index < -0.39 is 11.7 Å². The van der Waals surface area contributed by atoms with Crippen LogP contribution in [0.3, 0.4) is 0 Å². The van der Waals surface area contributed by atoms with E-state index in [0.717, 1.165) is 51.6 Å². The van der Waals surface area contributed by atoms with Crippen molar-refractivity contribution in [3.05, 3.63) is 112 Å². The highest BCUT2D eigenvalue weighted by Crippen LogP contribution is 2.42. The molecule has 2 atom stereocenters. The second kappa shape index (κ2) is 11.6. The lowest BCUT2D eigenvalue weighted by molar-refractivity contribution is -0.137. The van der Waals surface area contributed by atoms with Gasteiger partial charge in [-0.15, -0.1) is 0 Å². The third kappa shape index (κ3) is 5.90. The quantitative estimate of drug-likeness (QED) is 0.224. The minimum atomic E-state index is -4.45. The average Bonchev–Trinajstić information content (AvgIpc) is 3.43. The lowest BCUT2D eigenvalue weighted by Gasteiger charge is -2.28. The van der Waals surface area contributed by atoms with Crippen molar-refractivity contribution in [1.29, 1.82) is 0 Å². The zero-order valence-electron chi connectivity index (χ0n) is 23.8. The standard InChI is InChI=1S/C32H32F3N5OS/c1-19-11-12-20(2)27(16-19)37-28(41)13-15-39-30(29(38-31(39)42)26-10-5-6-14-36-26)25-17-21(3)40(22(25)4)24-9-7-8-23(18-24)32(33,34)35/h5-12,14,16-18,29-30H,13,15H2,1-4H3,(H,37,41)(H,38,42). The summed E-state index contributed by atoms with van der Waals surface area (Å²) in [7, 11) is 0. The summed E-state index contributed by atoms with van der Waals surface area (Å²) in [5.41, 5.74) is 5.75. The third-order valence-electron chi connectivity index (χ3n) is 7.67. The van der Waals surface area contributed by atoms with Gasteiger partial charge in [-0.2, -0.15) is 13.2 Å². The Bertz CT molecular complexity index is 1630. The van der Waals surface area contributed by atoms with Crippen LogP contribution in [0.1, 0.15) is 57.8 Å². The van der Waals surface area contributed by atoms with Gasteiger partial charge >= 0.3 is 6.18 Å². The molecule has 2 unspecified atom stereocenters. The summed E-state index contributed by atoms with van der Waals surface area (Å²) >= 11 is 5.77. The van der Waals surface area contributed by atoms with Crippen LogP contribution in [0.5, 0.6) is 0 Å². The largest absolute Gasteiger partial charge is 0.416 e. The number of aryl methyl sites for hydroxylation is 3. The summed E-state index contributed by atoms with van der Waals surface area (Å²) in [6, 6.07) is 18.2. The van der Waals surface area contributed by atoms with Gasteiger partial charge in [0.25, 0.3) is 0 Å². The number of hydrogen-bond donors (Lipinski definition) is 2. The predicted octanol–water partition coefficient (Wildman–Crippen LogP) is 7.13. The van der Waals surface area contributed by atoms with Gasteiger partial charge in [-0.3, -0.25) is 9.78 Å². The number of aromatic nitrogens is 2. The third-order valence-corrected chi connectivity index (χ3v) is 8.02. The lowest BCUT2D eigenvalue weighted by Crippen LogP contribution is -2.33. The van der Waals surface area contributed by atoms with E-state index in [1.54, 1.807) is 12.3 Å². The van der Waals surface area contributed by atoms with Crippen molar-refractivity contribution in [3.63, 3.8) is 0 Å². The SMILES string of the molecule is Cc1ccc(C)c(NC(=O)CCN2C(=S)NC(c3ccccn3)C2c2cc(C)n(-c3cccc(C(F)(F)F)c3)c2C)c1. The fraction of sp³-hybridized carbons (Fsp3) is 0.281. The Morgan fingerprint density at radius 3 is 2.52 bits per heavy atom. The van der Waals surface area contributed by atoms with Crippen molar-refractivity contribution >= 4 is 28.9 Å². The van der Waals surface area contributed by atoms with Gasteiger partial charge in [0.2, 0.25) is 5.91 Å². The zero-order chi connectivity index (χ0) is 30.2. The highest BCUT2D eigenvalue weighted by atomic mass is 32.1. The molecule has 1 aliphatic heterocycles. The Labute approximate surface area is 248 Å². The molecule has 0 radical (unpaired) electrons. The molecule has 5 rings (SSSR count). The van der Waals surface area contributed by atoms with Gasteiger partial charge in [-0.05, 0) is 99.1 Å². The summed E-state index contributed by atoms with van der Waals surface area (Å²) in [6.45, 7) is 8.02. The monoisotopic (exact) mass is 591 g/mol. The number of nitrogens with one attached hydrogen (secondary N) is 2. The van der Waals surface area contributed by atoms with Crippen LogP contribution in [0, 0.1) is 27.7 Å². The Balaban J connectivity index is 1.49. The Hall–Kier alpha value is -4.18. The molecule has 0 aliphatic carbocycles. The number of amides is 1. The van der Waals surface area contributed by atoms with Crippen molar-refractivity contribution in [2.45, 2.75) is 52.4 Å². The van der Waals surface area contributed by atoms with Crippen LogP contribution in [0.2, 0.25) is 0 Å². The molecule has 1 amide bonds. The minimum absolute atomic E-state index is 0.138. The van der Waals surface area contributed by atoms with E-state index in [9.17, 15) is 18.0 Å². The number of alkyl halides is 3. The van der Waals surface area contributed by atoms with Gasteiger partial charge in [0.15, 0.2) is 5.11 Å². The van der Waals surface area contributed by atoms with E-state index in [4.69, 9.17) is 12.2 Å². The van der Waals surface area contributed by atoms with E-state index in [1.165, 1.54) is 6.07 Å². The molecule has 1 saturated heterocycles. The van der Waals surface area contributed by atoms with Crippen LogP contribution in [0.25, 0.3) is 5.69 Å². The molecule has 6 nitrogen and oxygen atoms in total. The molecule has 4 aromatic rings. The number of benzene rings is 2. The molecule has 1 aliphatic rings. The first kappa shape index (κ1) is 29.3. The fourth-order valence-corrected chi connectivity index (χ4v) is 5.93. The van der Waals surface area contributed by atoms with Crippen molar-refractivity contribution < 1.29 is 18.0 Å². The molecule has 0 spiro atoms. The van der Waals surface area contributed by atoms with Gasteiger partial charge in [0.05, 0.1) is 23.3 Å². The first-order chi connectivity index (χ1) is 19.9. The molecule has 2 aromatic heterocycles. The van der Waals surface area contributed by atoms with Crippen LogP contribution in [0.15, 0.2) is 72.9 Å². The fourth-order valence-electron chi connectivity index (χ4n) is 5.60. The molecule has 42 heavy (non-hydrogen) atoms. The number of anilines is 1. The molecule has 0 saturated carbocycles. The zero-order valence-corrected chi connectivity index (χ0v) is 24.6. The number of nitrogens with zero attached hydrogens (tertiary/aromatic N) is 3. The topological polar surface area (TPSA) is 62.2 Å². The Morgan fingerprint density at radius 1 is 1.02 bits per heavy atom. The molecule has 10 heteroatoms. The maximum absolute atomic E-state index is 13.5. The number of rotatable bonds is 7. The molecule has 2 N–H and O–H groups in total. The molecular weight excluding hydrogens is 559 g/mol. The van der Waals surface area contributed by atoms with Crippen LogP contribution >= 0.6 is 12.2 Å². The van der Waals surface area contributed by atoms with Crippen molar-refractivity contribution in [3.8, 4) is 5.69 Å². The second-order valence-corrected chi connectivity index (χ2v) is 11.0. The Morgan fingerprint density at radius 2 is 1.81 bits per heavy atom. The number of hydrogen-bond acceptors (Lipinski definition) is 3. The number of pyridine rings is 1. The minimum Gasteiger partial charge on any atom is -0.352 e. The number of thiocarbonyl (C=S) groups is 1. The van der Waals surface area contributed by atoms with Gasteiger partial charge in [0.1, 0.15) is 0 Å². The van der Waals surface area contributed by atoms with Gasteiger partial charge in [0, 0.05) is 41.9 Å². The summed E-state index contributed by atoms with van der Waals surface area (Å²) in [4.78, 5) is 19.6. The highest BCUT2D eigenvalue weighted by Gasteiger charge is 2.41. The van der Waals surface area contributed by atoms with Gasteiger partial charge in [-0.1, -0.05) is 24.3 Å². The van der Waals surface area contributed by atoms with E-state index >= 15 is 0 Å². The average molecular weight is 592 g/mol. The molecule has 2 aromatic carbocycles. The molecular formula is C32H32F3N5OS. The number of carbonyl (C=O) groups is 1. The van der Waals surface area contributed by atoms with Crippen molar-refractivity contribution in [2.75, 3.05) is 11.9 Å². The summed E-state index contributed by atoms with van der Waals surface area (Å²) in [5.74, 6) is -0.138. The first-order valence-corrected chi connectivity index (χ1v) is 14.1.